The maximum atomic E-state index is 11.0. The van der Waals surface area contributed by atoms with Crippen molar-refractivity contribution in [2.24, 2.45) is 0 Å². The highest BCUT2D eigenvalue weighted by Crippen LogP contribution is 2.36. The molecule has 0 bridgehead atoms. The lowest BCUT2D eigenvalue weighted by Gasteiger charge is -2.39. The molecule has 2 aromatic carbocycles. The van der Waals surface area contributed by atoms with Crippen molar-refractivity contribution >= 4 is 12.0 Å². The van der Waals surface area contributed by atoms with Crippen LogP contribution in [0.4, 0.5) is 0 Å². The van der Waals surface area contributed by atoms with Gasteiger partial charge in [-0.15, -0.1) is 0 Å². The Morgan fingerprint density at radius 3 is 2.23 bits per heavy atom. The van der Waals surface area contributed by atoms with Gasteiger partial charge in [-0.25, -0.2) is 4.79 Å². The number of ether oxygens (including phenoxy) is 5. The van der Waals surface area contributed by atoms with E-state index in [9.17, 15) is 35.4 Å². The van der Waals surface area contributed by atoms with E-state index in [1.165, 1.54) is 50.6 Å². The zero-order valence-electron chi connectivity index (χ0n) is 21.2. The molecule has 0 amide bonds. The Balaban J connectivity index is 1.78. The largest absolute Gasteiger partial charge is 0.493 e. The third kappa shape index (κ3) is 7.16. The Labute approximate surface area is 223 Å². The standard InChI is InChI=1S/C26H32O13/c1-35-17-9-13(4-8-21(29)30)3-6-15(17)37-19(11-27)22(31)14-5-7-16(18(10-14)36-2)38-26-25(34)24(33)23(32)20(12-28)39-26/h3-10,19-20,22-28,31-34H,11-12H2,1-2H3,(H,29,30)/b8-4+/t19-,20+,22-,23+,24-,25+,26+/m0/s1. The van der Waals surface area contributed by atoms with E-state index < -0.39 is 62.1 Å². The van der Waals surface area contributed by atoms with Gasteiger partial charge in [-0.05, 0) is 41.5 Å². The fourth-order valence-corrected chi connectivity index (χ4v) is 3.89. The summed E-state index contributed by atoms with van der Waals surface area (Å²) in [5, 5.41) is 69.2. The summed E-state index contributed by atoms with van der Waals surface area (Å²) in [7, 11) is 2.72. The van der Waals surface area contributed by atoms with Crippen molar-refractivity contribution < 1.29 is 64.2 Å². The van der Waals surface area contributed by atoms with Crippen molar-refractivity contribution in [2.45, 2.75) is 42.9 Å². The van der Waals surface area contributed by atoms with Crippen LogP contribution in [0.1, 0.15) is 17.2 Å². The molecule has 1 heterocycles. The Kier molecular flexibility index (Phi) is 10.5. The molecule has 0 saturated carbocycles. The molecule has 39 heavy (non-hydrogen) atoms. The monoisotopic (exact) mass is 552 g/mol. The topological polar surface area (TPSA) is 205 Å². The highest BCUT2D eigenvalue weighted by molar-refractivity contribution is 5.85. The van der Waals surface area contributed by atoms with Crippen LogP contribution in [-0.2, 0) is 9.53 Å². The van der Waals surface area contributed by atoms with Gasteiger partial charge in [0.05, 0.1) is 27.4 Å². The minimum Gasteiger partial charge on any atom is -0.493 e. The van der Waals surface area contributed by atoms with Gasteiger partial charge in [-0.2, -0.15) is 0 Å². The Hall–Kier alpha value is -3.43. The number of carboxylic acid groups (broad SMARTS) is 1. The number of methoxy groups -OCH3 is 2. The normalized spacial score (nSPS) is 24.7. The molecule has 214 valence electrons. The van der Waals surface area contributed by atoms with Crippen molar-refractivity contribution in [3.05, 3.63) is 53.6 Å². The number of carbonyl (C=O) groups is 1. The van der Waals surface area contributed by atoms with E-state index in [0.717, 1.165) is 6.08 Å². The molecule has 1 aliphatic heterocycles. The minimum atomic E-state index is -1.63. The third-order valence-corrected chi connectivity index (χ3v) is 6.04. The van der Waals surface area contributed by atoms with Crippen LogP contribution in [-0.4, -0.2) is 106 Å². The van der Waals surface area contributed by atoms with E-state index in [1.807, 2.05) is 0 Å². The Bertz CT molecular complexity index is 1130. The molecule has 7 atom stereocenters. The molecule has 0 unspecified atom stereocenters. The average molecular weight is 553 g/mol. The van der Waals surface area contributed by atoms with Gasteiger partial charge in [0.15, 0.2) is 29.1 Å². The van der Waals surface area contributed by atoms with Crippen LogP contribution in [0.15, 0.2) is 42.5 Å². The molecule has 0 radical (unpaired) electrons. The number of aliphatic hydroxyl groups is 6. The molecule has 1 aliphatic rings. The maximum Gasteiger partial charge on any atom is 0.328 e. The number of aliphatic carboxylic acids is 1. The average Bonchev–Trinajstić information content (AvgIpc) is 2.94. The number of hydrogen-bond acceptors (Lipinski definition) is 12. The summed E-state index contributed by atoms with van der Waals surface area (Å²) in [6, 6.07) is 8.88. The molecule has 7 N–H and O–H groups in total. The zero-order valence-corrected chi connectivity index (χ0v) is 21.2. The summed E-state index contributed by atoms with van der Waals surface area (Å²) in [5.74, 6) is -0.511. The molecular formula is C26H32O13. The van der Waals surface area contributed by atoms with Gasteiger partial charge < -0.3 is 59.4 Å². The SMILES string of the molecule is COc1cc([C@H](O)[C@H](CO)Oc2ccc(/C=C/C(=O)O)cc2OC)ccc1O[C@@H]1O[C@H](CO)[C@@H](O)[C@H](O)[C@H]1O. The highest BCUT2D eigenvalue weighted by Gasteiger charge is 2.45. The second-order valence-electron chi connectivity index (χ2n) is 8.59. The first-order chi connectivity index (χ1) is 18.6. The zero-order chi connectivity index (χ0) is 28.7. The van der Waals surface area contributed by atoms with Gasteiger partial charge >= 0.3 is 5.97 Å². The lowest BCUT2D eigenvalue weighted by molar-refractivity contribution is -0.277. The minimum absolute atomic E-state index is 0.0610. The second-order valence-corrected chi connectivity index (χ2v) is 8.59. The molecule has 3 rings (SSSR count). The van der Waals surface area contributed by atoms with E-state index in [-0.39, 0.29) is 28.6 Å². The van der Waals surface area contributed by atoms with Crippen molar-refractivity contribution in [1.82, 2.24) is 0 Å². The first-order valence-electron chi connectivity index (χ1n) is 11.8. The first kappa shape index (κ1) is 30.1. The van der Waals surface area contributed by atoms with Gasteiger partial charge in [0.1, 0.15) is 30.5 Å². The fourth-order valence-electron chi connectivity index (χ4n) is 3.89. The summed E-state index contributed by atoms with van der Waals surface area (Å²) in [6.07, 6.45) is -7.60. The van der Waals surface area contributed by atoms with Crippen LogP contribution in [0.3, 0.4) is 0 Å². The summed E-state index contributed by atoms with van der Waals surface area (Å²) >= 11 is 0. The lowest BCUT2D eigenvalue weighted by Crippen LogP contribution is -2.60. The molecule has 0 aliphatic carbocycles. The second kappa shape index (κ2) is 13.6. The van der Waals surface area contributed by atoms with Gasteiger partial charge in [0.2, 0.25) is 6.29 Å². The van der Waals surface area contributed by atoms with E-state index >= 15 is 0 Å². The van der Waals surface area contributed by atoms with Gasteiger partial charge in [-0.1, -0.05) is 12.1 Å². The quantitative estimate of drug-likeness (QED) is 0.165. The van der Waals surface area contributed by atoms with Gasteiger partial charge in [0, 0.05) is 6.08 Å². The lowest BCUT2D eigenvalue weighted by atomic mass is 9.99. The van der Waals surface area contributed by atoms with Crippen LogP contribution in [0.5, 0.6) is 23.0 Å². The molecule has 13 heteroatoms. The molecule has 0 aromatic heterocycles. The van der Waals surface area contributed by atoms with E-state index in [2.05, 4.69) is 0 Å². The smallest absolute Gasteiger partial charge is 0.328 e. The van der Waals surface area contributed by atoms with Crippen molar-refractivity contribution in [2.75, 3.05) is 27.4 Å². The first-order valence-corrected chi connectivity index (χ1v) is 11.8. The summed E-state index contributed by atoms with van der Waals surface area (Å²) in [4.78, 5) is 10.8. The summed E-state index contributed by atoms with van der Waals surface area (Å²) in [6.45, 7) is -1.21. The maximum absolute atomic E-state index is 11.0. The highest BCUT2D eigenvalue weighted by atomic mass is 16.7. The van der Waals surface area contributed by atoms with Crippen molar-refractivity contribution in [3.63, 3.8) is 0 Å². The molecule has 1 fully saturated rings. The summed E-state index contributed by atoms with van der Waals surface area (Å²) in [5.41, 5.74) is 0.800. The van der Waals surface area contributed by atoms with Crippen LogP contribution in [0.25, 0.3) is 6.08 Å². The predicted octanol–water partition coefficient (Wildman–Crippen LogP) is -0.546. The Morgan fingerprint density at radius 1 is 0.949 bits per heavy atom. The van der Waals surface area contributed by atoms with Crippen LogP contribution in [0.2, 0.25) is 0 Å². The molecule has 1 saturated heterocycles. The van der Waals surface area contributed by atoms with Gasteiger partial charge in [-0.3, -0.25) is 0 Å². The molecule has 2 aromatic rings. The van der Waals surface area contributed by atoms with Crippen LogP contribution >= 0.6 is 0 Å². The van der Waals surface area contributed by atoms with E-state index in [4.69, 9.17) is 28.8 Å². The number of rotatable bonds is 12. The van der Waals surface area contributed by atoms with E-state index in [1.54, 1.807) is 6.07 Å². The van der Waals surface area contributed by atoms with Crippen molar-refractivity contribution in [3.8, 4) is 23.0 Å². The van der Waals surface area contributed by atoms with E-state index in [0.29, 0.717) is 5.56 Å². The van der Waals surface area contributed by atoms with Crippen LogP contribution in [0, 0.1) is 0 Å². The molecule has 13 nitrogen and oxygen atoms in total. The number of carboxylic acids is 1. The summed E-state index contributed by atoms with van der Waals surface area (Å²) < 4.78 is 27.4. The van der Waals surface area contributed by atoms with Crippen LogP contribution < -0.4 is 18.9 Å². The van der Waals surface area contributed by atoms with Gasteiger partial charge in [0.25, 0.3) is 0 Å². The number of aliphatic hydroxyl groups excluding tert-OH is 6. The fraction of sp³-hybridized carbons (Fsp3) is 0.423. The van der Waals surface area contributed by atoms with Crippen molar-refractivity contribution in [1.29, 1.82) is 0 Å². The molecular weight excluding hydrogens is 520 g/mol. The predicted molar refractivity (Wildman–Crippen MR) is 134 cm³/mol. The molecule has 0 spiro atoms. The number of hydrogen-bond donors (Lipinski definition) is 7. The Morgan fingerprint density at radius 2 is 1.62 bits per heavy atom. The third-order valence-electron chi connectivity index (χ3n) is 6.04. The number of benzene rings is 2.